The van der Waals surface area contributed by atoms with Crippen molar-refractivity contribution in [2.24, 2.45) is 29.6 Å². The number of rotatable bonds is 2. The molecule has 0 radical (unpaired) electrons. The molecule has 0 spiro atoms. The van der Waals surface area contributed by atoms with E-state index in [4.69, 9.17) is 5.73 Å². The van der Waals surface area contributed by atoms with Gasteiger partial charge in [-0.15, -0.1) is 0 Å². The van der Waals surface area contributed by atoms with Gasteiger partial charge in [0.15, 0.2) is 0 Å². The predicted molar refractivity (Wildman–Crippen MR) is 84.8 cm³/mol. The summed E-state index contributed by atoms with van der Waals surface area (Å²) >= 11 is 0. The van der Waals surface area contributed by atoms with Crippen molar-refractivity contribution in [2.75, 3.05) is 17.7 Å². The summed E-state index contributed by atoms with van der Waals surface area (Å²) in [6.45, 7) is 0. The number of hydrogen-bond donors (Lipinski definition) is 1. The molecule has 1 aromatic carbocycles. The van der Waals surface area contributed by atoms with Gasteiger partial charge in [0, 0.05) is 24.3 Å². The highest BCUT2D eigenvalue weighted by molar-refractivity contribution is 5.95. The van der Waals surface area contributed by atoms with Crippen molar-refractivity contribution >= 4 is 17.3 Å². The Labute approximate surface area is 126 Å². The van der Waals surface area contributed by atoms with Crippen molar-refractivity contribution < 1.29 is 4.79 Å². The van der Waals surface area contributed by atoms with Crippen molar-refractivity contribution in [3.63, 3.8) is 0 Å². The van der Waals surface area contributed by atoms with Crippen LogP contribution in [0.15, 0.2) is 24.3 Å². The lowest BCUT2D eigenvalue weighted by atomic mass is 9.51. The molecular weight excluding hydrogens is 260 g/mol. The zero-order chi connectivity index (χ0) is 14.6. The second-order valence-corrected chi connectivity index (χ2v) is 7.45. The van der Waals surface area contributed by atoms with Crippen LogP contribution in [-0.4, -0.2) is 13.0 Å². The molecule has 1 aromatic rings. The van der Waals surface area contributed by atoms with E-state index in [0.717, 1.165) is 23.2 Å². The summed E-state index contributed by atoms with van der Waals surface area (Å²) in [4.78, 5) is 14.9. The van der Waals surface area contributed by atoms with Crippen LogP contribution in [0.25, 0.3) is 0 Å². The summed E-state index contributed by atoms with van der Waals surface area (Å²) in [7, 11) is 1.90. The SMILES string of the molecule is CN(C(=O)C1C2CC3CC(C2)CC1C3)c1cccc(N)c1. The number of amides is 1. The Morgan fingerprint density at radius 2 is 1.71 bits per heavy atom. The second kappa shape index (κ2) is 4.75. The van der Waals surface area contributed by atoms with Gasteiger partial charge < -0.3 is 10.6 Å². The van der Waals surface area contributed by atoms with E-state index in [1.807, 2.05) is 36.2 Å². The molecule has 4 bridgehead atoms. The van der Waals surface area contributed by atoms with E-state index in [1.54, 1.807) is 0 Å². The summed E-state index contributed by atoms with van der Waals surface area (Å²) < 4.78 is 0. The number of hydrogen-bond acceptors (Lipinski definition) is 2. The van der Waals surface area contributed by atoms with Crippen LogP contribution in [0.1, 0.15) is 32.1 Å². The molecule has 0 aliphatic heterocycles. The minimum atomic E-state index is 0.254. The highest BCUT2D eigenvalue weighted by Crippen LogP contribution is 2.56. The highest BCUT2D eigenvalue weighted by atomic mass is 16.2. The quantitative estimate of drug-likeness (QED) is 0.847. The normalized spacial score (nSPS) is 36.7. The van der Waals surface area contributed by atoms with Crippen LogP contribution in [-0.2, 0) is 4.79 Å². The zero-order valence-electron chi connectivity index (χ0n) is 12.7. The molecule has 4 saturated carbocycles. The fourth-order valence-corrected chi connectivity index (χ4v) is 5.41. The largest absolute Gasteiger partial charge is 0.399 e. The van der Waals surface area contributed by atoms with Crippen LogP contribution in [0.4, 0.5) is 11.4 Å². The number of carbonyl (C=O) groups excluding carboxylic acids is 1. The highest BCUT2D eigenvalue weighted by Gasteiger charge is 2.51. The number of nitrogens with zero attached hydrogens (tertiary/aromatic N) is 1. The Hall–Kier alpha value is -1.51. The Bertz CT molecular complexity index is 540. The van der Waals surface area contributed by atoms with Crippen molar-refractivity contribution in [1.82, 2.24) is 0 Å². The average molecular weight is 284 g/mol. The van der Waals surface area contributed by atoms with Gasteiger partial charge in [0.05, 0.1) is 0 Å². The van der Waals surface area contributed by atoms with Crippen LogP contribution >= 0.6 is 0 Å². The molecule has 0 unspecified atom stereocenters. The molecule has 2 N–H and O–H groups in total. The van der Waals surface area contributed by atoms with Crippen LogP contribution in [0, 0.1) is 29.6 Å². The molecule has 4 aliphatic rings. The first-order chi connectivity index (χ1) is 10.1. The van der Waals surface area contributed by atoms with E-state index in [1.165, 1.54) is 32.1 Å². The maximum absolute atomic E-state index is 13.0. The minimum absolute atomic E-state index is 0.254. The summed E-state index contributed by atoms with van der Waals surface area (Å²) in [5, 5.41) is 0. The smallest absolute Gasteiger partial charge is 0.230 e. The number of benzene rings is 1. The molecule has 3 nitrogen and oxygen atoms in total. The Morgan fingerprint density at radius 3 is 2.29 bits per heavy atom. The monoisotopic (exact) mass is 284 g/mol. The van der Waals surface area contributed by atoms with Gasteiger partial charge in [0.2, 0.25) is 5.91 Å². The number of carbonyl (C=O) groups is 1. The molecule has 112 valence electrons. The maximum Gasteiger partial charge on any atom is 0.230 e. The van der Waals surface area contributed by atoms with Gasteiger partial charge in [0.1, 0.15) is 0 Å². The molecule has 0 aromatic heterocycles. The van der Waals surface area contributed by atoms with Crippen LogP contribution < -0.4 is 10.6 Å². The van der Waals surface area contributed by atoms with E-state index < -0.39 is 0 Å². The van der Waals surface area contributed by atoms with E-state index in [9.17, 15) is 4.79 Å². The van der Waals surface area contributed by atoms with Crippen molar-refractivity contribution in [2.45, 2.75) is 32.1 Å². The van der Waals surface area contributed by atoms with Gasteiger partial charge in [-0.05, 0) is 74.0 Å². The number of nitrogen functional groups attached to an aromatic ring is 1. The molecule has 0 atom stereocenters. The van der Waals surface area contributed by atoms with Gasteiger partial charge in [-0.2, -0.15) is 0 Å². The second-order valence-electron chi connectivity index (χ2n) is 7.45. The van der Waals surface area contributed by atoms with E-state index >= 15 is 0 Å². The van der Waals surface area contributed by atoms with Gasteiger partial charge >= 0.3 is 0 Å². The third-order valence-corrected chi connectivity index (χ3v) is 6.10. The first-order valence-corrected chi connectivity index (χ1v) is 8.25. The average Bonchev–Trinajstić information content (AvgIpc) is 2.45. The first kappa shape index (κ1) is 13.2. The predicted octanol–water partition coefficient (Wildman–Crippen LogP) is 3.30. The van der Waals surface area contributed by atoms with E-state index in [-0.39, 0.29) is 5.92 Å². The molecule has 5 rings (SSSR count). The lowest BCUT2D eigenvalue weighted by molar-refractivity contribution is -0.135. The molecule has 1 amide bonds. The van der Waals surface area contributed by atoms with Crippen LogP contribution in [0.2, 0.25) is 0 Å². The van der Waals surface area contributed by atoms with Crippen molar-refractivity contribution in [1.29, 1.82) is 0 Å². The third kappa shape index (κ3) is 2.14. The standard InChI is InChI=1S/C18H24N2O/c1-20(16-4-2-3-15(19)10-16)18(21)17-13-6-11-5-12(8-13)9-14(17)7-11/h2-4,10-14,17H,5-9,19H2,1H3. The van der Waals surface area contributed by atoms with Crippen LogP contribution in [0.5, 0.6) is 0 Å². The molecule has 4 aliphatic carbocycles. The van der Waals surface area contributed by atoms with Crippen molar-refractivity contribution in [3.05, 3.63) is 24.3 Å². The molecular formula is C18H24N2O. The molecule has 4 fully saturated rings. The molecule has 21 heavy (non-hydrogen) atoms. The van der Waals surface area contributed by atoms with Gasteiger partial charge in [-0.1, -0.05) is 6.07 Å². The third-order valence-electron chi connectivity index (χ3n) is 6.10. The number of nitrogens with two attached hydrogens (primary N) is 1. The maximum atomic E-state index is 13.0. The molecule has 3 heteroatoms. The topological polar surface area (TPSA) is 46.3 Å². The number of anilines is 2. The Balaban J connectivity index is 1.57. The summed E-state index contributed by atoms with van der Waals surface area (Å²) in [6, 6.07) is 7.66. The molecule has 0 heterocycles. The van der Waals surface area contributed by atoms with Gasteiger partial charge in [0.25, 0.3) is 0 Å². The van der Waals surface area contributed by atoms with Gasteiger partial charge in [-0.3, -0.25) is 4.79 Å². The van der Waals surface area contributed by atoms with Crippen LogP contribution in [0.3, 0.4) is 0 Å². The Morgan fingerprint density at radius 1 is 1.10 bits per heavy atom. The zero-order valence-corrected chi connectivity index (χ0v) is 12.7. The fourth-order valence-electron chi connectivity index (χ4n) is 5.41. The Kier molecular flexibility index (Phi) is 2.98. The first-order valence-electron chi connectivity index (χ1n) is 8.25. The molecule has 0 saturated heterocycles. The fraction of sp³-hybridized carbons (Fsp3) is 0.611. The summed E-state index contributed by atoms with van der Waals surface area (Å²) in [6.07, 6.45) is 6.57. The minimum Gasteiger partial charge on any atom is -0.399 e. The lowest BCUT2D eigenvalue weighted by Crippen LogP contribution is -2.51. The van der Waals surface area contributed by atoms with Crippen molar-refractivity contribution in [3.8, 4) is 0 Å². The summed E-state index contributed by atoms with van der Waals surface area (Å²) in [5.74, 6) is 3.66. The van der Waals surface area contributed by atoms with E-state index in [0.29, 0.717) is 17.7 Å². The lowest BCUT2D eigenvalue weighted by Gasteiger charge is -2.54. The summed E-state index contributed by atoms with van der Waals surface area (Å²) in [5.41, 5.74) is 7.50. The van der Waals surface area contributed by atoms with E-state index in [2.05, 4.69) is 0 Å². The van der Waals surface area contributed by atoms with Gasteiger partial charge in [-0.25, -0.2) is 0 Å².